The van der Waals surface area contributed by atoms with Gasteiger partial charge in [0.25, 0.3) is 11.9 Å². The lowest BCUT2D eigenvalue weighted by molar-refractivity contribution is 0.0950. The number of amides is 1. The molecule has 35 heavy (non-hydrogen) atoms. The number of nitrogens with one attached hydrogen (secondary N) is 1. The molecule has 1 N–H and O–H groups in total. The lowest BCUT2D eigenvalue weighted by Crippen LogP contribution is -2.31. The number of rotatable bonds is 6. The van der Waals surface area contributed by atoms with E-state index in [0.29, 0.717) is 35.6 Å². The minimum atomic E-state index is -0.174. The van der Waals surface area contributed by atoms with Gasteiger partial charge in [0.1, 0.15) is 5.69 Å². The summed E-state index contributed by atoms with van der Waals surface area (Å²) in [5.41, 5.74) is 5.44. The summed E-state index contributed by atoms with van der Waals surface area (Å²) in [6.07, 6.45) is 10.3. The summed E-state index contributed by atoms with van der Waals surface area (Å²) in [6.45, 7) is 1.74. The van der Waals surface area contributed by atoms with Crippen LogP contribution in [0.3, 0.4) is 0 Å². The van der Waals surface area contributed by atoms with Crippen LogP contribution in [0.1, 0.15) is 40.7 Å². The van der Waals surface area contributed by atoms with Gasteiger partial charge in [0.2, 0.25) is 0 Å². The first-order chi connectivity index (χ1) is 17.2. The van der Waals surface area contributed by atoms with E-state index in [1.165, 1.54) is 18.4 Å². The Morgan fingerprint density at radius 2 is 2.03 bits per heavy atom. The second-order valence-corrected chi connectivity index (χ2v) is 9.32. The van der Waals surface area contributed by atoms with Crippen molar-refractivity contribution in [2.24, 2.45) is 0 Å². The van der Waals surface area contributed by atoms with Crippen LogP contribution in [0.2, 0.25) is 0 Å². The third-order valence-electron chi connectivity index (χ3n) is 7.18. The van der Waals surface area contributed by atoms with Gasteiger partial charge in [-0.1, -0.05) is 24.3 Å². The molecule has 8 nitrogen and oxygen atoms in total. The number of fused-ring (bicyclic) bond motifs is 3. The lowest BCUT2D eigenvalue weighted by Gasteiger charge is -2.19. The van der Waals surface area contributed by atoms with E-state index in [1.54, 1.807) is 23.2 Å². The minimum absolute atomic E-state index is 0.174. The average molecular weight is 469 g/mol. The Morgan fingerprint density at radius 3 is 2.86 bits per heavy atom. The van der Waals surface area contributed by atoms with Gasteiger partial charge in [-0.2, -0.15) is 9.78 Å². The van der Waals surface area contributed by atoms with Crippen LogP contribution < -0.4 is 5.32 Å². The first kappa shape index (κ1) is 21.7. The second-order valence-electron chi connectivity index (χ2n) is 9.32. The normalized spacial score (nSPS) is 17.2. The maximum absolute atomic E-state index is 13.2. The van der Waals surface area contributed by atoms with Gasteiger partial charge in [-0.25, -0.2) is 9.97 Å². The second kappa shape index (κ2) is 9.11. The summed E-state index contributed by atoms with van der Waals surface area (Å²) in [5, 5.41) is 7.60. The summed E-state index contributed by atoms with van der Waals surface area (Å²) in [6, 6.07) is 12.5. The quantitative estimate of drug-likeness (QED) is 0.462. The molecule has 1 saturated heterocycles. The molecule has 178 valence electrons. The fourth-order valence-corrected chi connectivity index (χ4v) is 5.26. The Labute approximate surface area is 204 Å². The van der Waals surface area contributed by atoms with Crippen LogP contribution in [0.25, 0.3) is 28.7 Å². The zero-order valence-corrected chi connectivity index (χ0v) is 19.8. The van der Waals surface area contributed by atoms with Crippen molar-refractivity contribution in [2.75, 3.05) is 20.1 Å². The smallest absolute Gasteiger partial charge is 0.255 e. The van der Waals surface area contributed by atoms with Crippen LogP contribution in [-0.2, 0) is 12.8 Å². The topological polar surface area (TPSA) is 89.1 Å². The zero-order chi connectivity index (χ0) is 23.8. The number of aromatic nitrogens is 4. The van der Waals surface area contributed by atoms with Crippen LogP contribution in [0, 0.1) is 0 Å². The number of furan rings is 1. The van der Waals surface area contributed by atoms with Crippen molar-refractivity contribution in [3.05, 3.63) is 71.7 Å². The molecule has 1 atom stereocenters. The number of nitrogens with zero attached hydrogens (tertiary/aromatic N) is 5. The molecule has 1 aliphatic carbocycles. The van der Waals surface area contributed by atoms with E-state index in [0.717, 1.165) is 42.6 Å². The third-order valence-corrected chi connectivity index (χ3v) is 7.18. The highest BCUT2D eigenvalue weighted by Crippen LogP contribution is 2.33. The van der Waals surface area contributed by atoms with E-state index < -0.39 is 0 Å². The predicted octanol–water partition coefficient (Wildman–Crippen LogP) is 3.90. The minimum Gasteiger partial charge on any atom is -0.463 e. The third kappa shape index (κ3) is 4.04. The number of aryl methyl sites for hydroxylation is 2. The Morgan fingerprint density at radius 1 is 1.14 bits per heavy atom. The molecule has 1 amide bonds. The predicted molar refractivity (Wildman–Crippen MR) is 132 cm³/mol. The van der Waals surface area contributed by atoms with Crippen molar-refractivity contribution in [1.82, 2.24) is 30.0 Å². The Bertz CT molecular complexity index is 1360. The molecular weight excluding hydrogens is 440 g/mol. The van der Waals surface area contributed by atoms with Gasteiger partial charge in [0.15, 0.2) is 5.76 Å². The molecule has 2 aliphatic rings. The van der Waals surface area contributed by atoms with Gasteiger partial charge >= 0.3 is 0 Å². The molecule has 8 heteroatoms. The Hall–Kier alpha value is -3.78. The summed E-state index contributed by atoms with van der Waals surface area (Å²) in [4.78, 5) is 25.1. The van der Waals surface area contributed by atoms with Crippen LogP contribution in [-0.4, -0.2) is 56.7 Å². The number of hydrogen-bond acceptors (Lipinski definition) is 6. The van der Waals surface area contributed by atoms with Crippen LogP contribution in [0.4, 0.5) is 0 Å². The van der Waals surface area contributed by atoms with E-state index >= 15 is 0 Å². The van der Waals surface area contributed by atoms with E-state index in [1.807, 2.05) is 18.3 Å². The van der Waals surface area contributed by atoms with Gasteiger partial charge in [0, 0.05) is 24.3 Å². The summed E-state index contributed by atoms with van der Waals surface area (Å²) < 4.78 is 7.30. The molecule has 0 saturated carbocycles. The number of likely N-dealkylation sites (tertiary alicyclic amines) is 1. The summed E-state index contributed by atoms with van der Waals surface area (Å²) in [5.74, 6) is 0.787. The fourth-order valence-electron chi connectivity index (χ4n) is 5.26. The summed E-state index contributed by atoms with van der Waals surface area (Å²) >= 11 is 0. The van der Waals surface area contributed by atoms with E-state index in [9.17, 15) is 4.79 Å². The first-order valence-corrected chi connectivity index (χ1v) is 12.2. The van der Waals surface area contributed by atoms with Crippen LogP contribution >= 0.6 is 0 Å². The SMILES string of the molecule is CN1CCCC1CCNC(=O)c1cnn(-c2ncc3c(n2)-c2ccccc2CC3)c1-c1ccco1. The Balaban J connectivity index is 1.32. The zero-order valence-electron chi connectivity index (χ0n) is 19.8. The molecule has 3 aromatic heterocycles. The van der Waals surface area contributed by atoms with E-state index in [4.69, 9.17) is 9.40 Å². The maximum Gasteiger partial charge on any atom is 0.255 e. The maximum atomic E-state index is 13.2. The fraction of sp³-hybridized carbons (Fsp3) is 0.333. The Kier molecular flexibility index (Phi) is 5.66. The van der Waals surface area contributed by atoms with Crippen molar-refractivity contribution in [3.8, 4) is 28.7 Å². The van der Waals surface area contributed by atoms with Gasteiger partial charge < -0.3 is 14.6 Å². The molecule has 4 aromatic rings. The lowest BCUT2D eigenvalue weighted by atomic mass is 9.90. The molecule has 0 radical (unpaired) electrons. The number of benzene rings is 1. The van der Waals surface area contributed by atoms with Crippen molar-refractivity contribution < 1.29 is 9.21 Å². The molecule has 1 aliphatic heterocycles. The molecular formula is C27H28N6O2. The van der Waals surface area contributed by atoms with Crippen LogP contribution in [0.15, 0.2) is 59.5 Å². The van der Waals surface area contributed by atoms with E-state index in [2.05, 4.69) is 45.5 Å². The van der Waals surface area contributed by atoms with Crippen molar-refractivity contribution in [2.45, 2.75) is 38.1 Å². The number of carbonyl (C=O) groups excluding carboxylic acids is 1. The molecule has 4 heterocycles. The first-order valence-electron chi connectivity index (χ1n) is 12.2. The monoisotopic (exact) mass is 468 g/mol. The average Bonchev–Trinajstić information content (AvgIpc) is 3.65. The van der Waals surface area contributed by atoms with Crippen molar-refractivity contribution in [1.29, 1.82) is 0 Å². The highest BCUT2D eigenvalue weighted by atomic mass is 16.3. The van der Waals surface area contributed by atoms with Crippen LogP contribution in [0.5, 0.6) is 0 Å². The molecule has 1 aromatic carbocycles. The van der Waals surface area contributed by atoms with Gasteiger partial charge in [-0.05, 0) is 69.0 Å². The molecule has 1 fully saturated rings. The standard InChI is InChI=1S/C27H28N6O2/c1-32-14-4-7-20(32)12-13-28-26(34)22-17-30-33(25(22)23-9-5-15-35-23)27-29-16-19-11-10-18-6-2-3-8-21(18)24(19)31-27/h2-3,5-6,8-9,15-17,20H,4,7,10-14H2,1H3,(H,28,34). The number of hydrogen-bond donors (Lipinski definition) is 1. The molecule has 1 unspecified atom stereocenters. The van der Waals surface area contributed by atoms with Gasteiger partial charge in [-0.15, -0.1) is 0 Å². The highest BCUT2D eigenvalue weighted by Gasteiger charge is 2.26. The molecule has 0 bridgehead atoms. The summed E-state index contributed by atoms with van der Waals surface area (Å²) in [7, 11) is 2.15. The number of carbonyl (C=O) groups is 1. The van der Waals surface area contributed by atoms with Gasteiger partial charge in [-0.3, -0.25) is 4.79 Å². The van der Waals surface area contributed by atoms with Crippen molar-refractivity contribution >= 4 is 5.91 Å². The van der Waals surface area contributed by atoms with E-state index in [-0.39, 0.29) is 5.91 Å². The highest BCUT2D eigenvalue weighted by molar-refractivity contribution is 5.99. The molecule has 0 spiro atoms. The molecule has 6 rings (SSSR count). The largest absolute Gasteiger partial charge is 0.463 e. The van der Waals surface area contributed by atoms with Crippen molar-refractivity contribution in [3.63, 3.8) is 0 Å². The van der Waals surface area contributed by atoms with Gasteiger partial charge in [0.05, 0.1) is 23.7 Å².